The molecule has 9 heteroatoms. The SMILES string of the molecule is Nc1cc(CC(=O)N[C@H]2CC=C[C@H](CC(O)O)OB2O)ccn1. The molecule has 0 bridgehead atoms. The zero-order chi connectivity index (χ0) is 16.8. The fourth-order valence-corrected chi connectivity index (χ4v) is 2.33. The van der Waals surface area contributed by atoms with Gasteiger partial charge in [-0.1, -0.05) is 12.2 Å². The number of aliphatic hydroxyl groups excluding tert-OH is 1. The van der Waals surface area contributed by atoms with Gasteiger partial charge < -0.3 is 30.9 Å². The predicted molar refractivity (Wildman–Crippen MR) is 83.7 cm³/mol. The topological polar surface area (TPSA) is 138 Å². The minimum Gasteiger partial charge on any atom is -0.426 e. The average Bonchev–Trinajstić information content (AvgIpc) is 2.60. The van der Waals surface area contributed by atoms with E-state index in [2.05, 4.69) is 10.3 Å². The molecule has 1 aromatic rings. The Morgan fingerprint density at radius 3 is 3.04 bits per heavy atom. The Balaban J connectivity index is 1.89. The second-order valence-corrected chi connectivity index (χ2v) is 5.39. The number of carbonyl (C=O) groups is 1. The molecular weight excluding hydrogens is 301 g/mol. The number of anilines is 1. The monoisotopic (exact) mass is 321 g/mol. The number of nitrogen functional groups attached to an aromatic ring is 1. The van der Waals surface area contributed by atoms with E-state index in [1.54, 1.807) is 24.3 Å². The van der Waals surface area contributed by atoms with Crippen molar-refractivity contribution in [3.8, 4) is 0 Å². The largest absolute Gasteiger partial charge is 0.478 e. The molecule has 0 radical (unpaired) electrons. The van der Waals surface area contributed by atoms with Crippen molar-refractivity contribution in [3.05, 3.63) is 36.0 Å². The van der Waals surface area contributed by atoms with Crippen LogP contribution in [-0.4, -0.2) is 51.6 Å². The first-order valence-electron chi connectivity index (χ1n) is 7.30. The summed E-state index contributed by atoms with van der Waals surface area (Å²) in [5, 5.41) is 30.6. The van der Waals surface area contributed by atoms with E-state index in [4.69, 9.17) is 20.6 Å². The summed E-state index contributed by atoms with van der Waals surface area (Å²) < 4.78 is 5.31. The van der Waals surface area contributed by atoms with E-state index in [-0.39, 0.29) is 18.7 Å². The number of pyridine rings is 1. The van der Waals surface area contributed by atoms with Gasteiger partial charge in [0.15, 0.2) is 6.29 Å². The lowest BCUT2D eigenvalue weighted by molar-refractivity contribution is -0.120. The third kappa shape index (κ3) is 5.64. The van der Waals surface area contributed by atoms with E-state index in [9.17, 15) is 9.82 Å². The Labute approximate surface area is 134 Å². The molecule has 2 atom stereocenters. The van der Waals surface area contributed by atoms with Crippen molar-refractivity contribution in [1.29, 1.82) is 0 Å². The molecule has 0 fully saturated rings. The normalized spacial score (nSPS) is 21.3. The van der Waals surface area contributed by atoms with Crippen molar-refractivity contribution in [2.24, 2.45) is 0 Å². The van der Waals surface area contributed by atoms with Crippen LogP contribution in [0.2, 0.25) is 0 Å². The minimum absolute atomic E-state index is 0.0511. The summed E-state index contributed by atoms with van der Waals surface area (Å²) in [6.45, 7) is 0. The van der Waals surface area contributed by atoms with E-state index in [0.29, 0.717) is 12.2 Å². The van der Waals surface area contributed by atoms with Crippen molar-refractivity contribution in [2.75, 3.05) is 5.73 Å². The van der Waals surface area contributed by atoms with Crippen LogP contribution in [0, 0.1) is 0 Å². The Morgan fingerprint density at radius 1 is 1.57 bits per heavy atom. The van der Waals surface area contributed by atoms with Gasteiger partial charge in [0.05, 0.1) is 18.5 Å². The summed E-state index contributed by atoms with van der Waals surface area (Å²) in [6, 6.07) is 3.30. The lowest BCUT2D eigenvalue weighted by Crippen LogP contribution is -2.48. The van der Waals surface area contributed by atoms with Gasteiger partial charge in [-0.05, 0) is 24.1 Å². The van der Waals surface area contributed by atoms with Crippen LogP contribution < -0.4 is 11.1 Å². The quantitative estimate of drug-likeness (QED) is 0.260. The molecule has 2 rings (SSSR count). The molecule has 1 aliphatic heterocycles. The zero-order valence-electron chi connectivity index (χ0n) is 12.5. The maximum absolute atomic E-state index is 12.1. The van der Waals surface area contributed by atoms with E-state index in [1.807, 2.05) is 0 Å². The molecule has 2 heterocycles. The van der Waals surface area contributed by atoms with Crippen LogP contribution in [0.1, 0.15) is 18.4 Å². The maximum Gasteiger partial charge on any atom is 0.478 e. The van der Waals surface area contributed by atoms with Crippen LogP contribution in [-0.2, 0) is 15.9 Å². The summed E-state index contributed by atoms with van der Waals surface area (Å²) in [7, 11) is -1.24. The smallest absolute Gasteiger partial charge is 0.426 e. The van der Waals surface area contributed by atoms with Crippen molar-refractivity contribution in [1.82, 2.24) is 10.3 Å². The zero-order valence-corrected chi connectivity index (χ0v) is 12.5. The van der Waals surface area contributed by atoms with Crippen LogP contribution in [0.25, 0.3) is 0 Å². The van der Waals surface area contributed by atoms with Crippen LogP contribution in [0.15, 0.2) is 30.5 Å². The second kappa shape index (κ2) is 8.07. The van der Waals surface area contributed by atoms with Gasteiger partial charge in [-0.25, -0.2) is 4.98 Å². The average molecular weight is 321 g/mol. The highest BCUT2D eigenvalue weighted by molar-refractivity contribution is 6.45. The molecule has 0 saturated carbocycles. The molecule has 0 aliphatic carbocycles. The van der Waals surface area contributed by atoms with Gasteiger partial charge >= 0.3 is 7.12 Å². The number of aromatic nitrogens is 1. The number of amides is 1. The third-order valence-corrected chi connectivity index (χ3v) is 3.40. The van der Waals surface area contributed by atoms with Crippen LogP contribution in [0.4, 0.5) is 5.82 Å². The Kier molecular flexibility index (Phi) is 6.11. The fraction of sp³-hybridized carbons (Fsp3) is 0.429. The van der Waals surface area contributed by atoms with Gasteiger partial charge in [0.25, 0.3) is 0 Å². The van der Waals surface area contributed by atoms with E-state index < -0.39 is 25.5 Å². The molecule has 1 amide bonds. The van der Waals surface area contributed by atoms with Gasteiger partial charge in [0, 0.05) is 12.6 Å². The van der Waals surface area contributed by atoms with E-state index in [1.165, 1.54) is 6.20 Å². The molecule has 1 aromatic heterocycles. The number of hydrogen-bond acceptors (Lipinski definition) is 7. The molecular formula is C14H20BN3O5. The number of carbonyl (C=O) groups excluding carboxylic acids is 1. The second-order valence-electron chi connectivity index (χ2n) is 5.39. The Morgan fingerprint density at radius 2 is 2.35 bits per heavy atom. The molecule has 0 saturated heterocycles. The van der Waals surface area contributed by atoms with Crippen molar-refractivity contribution in [3.63, 3.8) is 0 Å². The first kappa shape index (κ1) is 17.4. The van der Waals surface area contributed by atoms with Gasteiger partial charge in [-0.2, -0.15) is 0 Å². The molecule has 23 heavy (non-hydrogen) atoms. The summed E-state index contributed by atoms with van der Waals surface area (Å²) in [4.78, 5) is 15.9. The molecule has 124 valence electrons. The lowest BCUT2D eigenvalue weighted by atomic mass is 9.77. The summed E-state index contributed by atoms with van der Waals surface area (Å²) in [5.41, 5.74) is 6.28. The number of nitrogens with two attached hydrogens (primary N) is 1. The number of nitrogens with zero attached hydrogens (tertiary/aromatic N) is 1. The first-order valence-corrected chi connectivity index (χ1v) is 7.30. The van der Waals surface area contributed by atoms with E-state index >= 15 is 0 Å². The van der Waals surface area contributed by atoms with Gasteiger partial charge in [0.1, 0.15) is 5.82 Å². The highest BCUT2D eigenvalue weighted by Gasteiger charge is 2.32. The van der Waals surface area contributed by atoms with Crippen molar-refractivity contribution < 1.29 is 24.7 Å². The Hall–Kier alpha value is -1.94. The number of rotatable bonds is 5. The van der Waals surface area contributed by atoms with E-state index in [0.717, 1.165) is 5.56 Å². The standard InChI is InChI=1S/C14H20BN3O5/c16-12-6-9(4-5-17-12)7-13(19)18-11-3-1-2-10(8-14(20)21)23-15(11)22/h1-2,4-6,10-11,14,20-22H,3,7-8H2,(H2,16,17)(H,18,19)/t10-,11+/m1/s1. The molecule has 6 N–H and O–H groups in total. The van der Waals surface area contributed by atoms with Crippen LogP contribution in [0.5, 0.6) is 0 Å². The van der Waals surface area contributed by atoms with Gasteiger partial charge in [0.2, 0.25) is 5.91 Å². The first-order chi connectivity index (χ1) is 10.9. The van der Waals surface area contributed by atoms with Crippen molar-refractivity contribution >= 4 is 18.8 Å². The van der Waals surface area contributed by atoms with Crippen LogP contribution in [0.3, 0.4) is 0 Å². The third-order valence-electron chi connectivity index (χ3n) is 3.40. The molecule has 0 aromatic carbocycles. The minimum atomic E-state index is -1.53. The molecule has 0 unspecified atom stereocenters. The number of hydrogen-bond donors (Lipinski definition) is 5. The highest BCUT2D eigenvalue weighted by Crippen LogP contribution is 2.13. The van der Waals surface area contributed by atoms with Gasteiger partial charge in [-0.3, -0.25) is 4.79 Å². The van der Waals surface area contributed by atoms with Gasteiger partial charge in [-0.15, -0.1) is 0 Å². The maximum atomic E-state index is 12.1. The highest BCUT2D eigenvalue weighted by atomic mass is 16.5. The summed E-state index contributed by atoms with van der Waals surface area (Å²) in [5.74, 6) is -0.558. The molecule has 1 aliphatic rings. The predicted octanol–water partition coefficient (Wildman–Crippen LogP) is -1.24. The fourth-order valence-electron chi connectivity index (χ4n) is 2.33. The Bertz CT molecular complexity index is 569. The summed E-state index contributed by atoms with van der Waals surface area (Å²) in [6.07, 6.45) is 3.19. The van der Waals surface area contributed by atoms with Crippen LogP contribution >= 0.6 is 0 Å². The molecule has 8 nitrogen and oxygen atoms in total. The summed E-state index contributed by atoms with van der Waals surface area (Å²) >= 11 is 0. The number of nitrogens with one attached hydrogen (secondary N) is 1. The lowest BCUT2D eigenvalue weighted by Gasteiger charge is -2.21. The molecule has 0 spiro atoms. The number of aliphatic hydroxyl groups is 2. The van der Waals surface area contributed by atoms with Crippen molar-refractivity contribution in [2.45, 2.75) is 37.6 Å².